The van der Waals surface area contributed by atoms with E-state index in [1.165, 1.54) is 17.7 Å². The normalized spacial score (nSPS) is 19.5. The number of alkyl halides is 3. The van der Waals surface area contributed by atoms with Crippen molar-refractivity contribution in [3.63, 3.8) is 0 Å². The maximum atomic E-state index is 12.8. The van der Waals surface area contributed by atoms with Crippen LogP contribution in [0.1, 0.15) is 41.3 Å². The first kappa shape index (κ1) is 18.9. The highest BCUT2D eigenvalue weighted by Gasteiger charge is 2.35. The molecule has 7 heteroatoms. The van der Waals surface area contributed by atoms with Gasteiger partial charge in [-0.1, -0.05) is 23.7 Å². The summed E-state index contributed by atoms with van der Waals surface area (Å²) < 4.78 is 40.7. The predicted molar refractivity (Wildman–Crippen MR) is 107 cm³/mol. The van der Waals surface area contributed by atoms with Gasteiger partial charge in [-0.3, -0.25) is 4.90 Å². The lowest BCUT2D eigenvalue weighted by Crippen LogP contribution is -2.31. The highest BCUT2D eigenvalue weighted by molar-refractivity contribution is 6.31. The van der Waals surface area contributed by atoms with Gasteiger partial charge in [0.2, 0.25) is 0 Å². The van der Waals surface area contributed by atoms with Crippen LogP contribution in [0.5, 0.6) is 0 Å². The van der Waals surface area contributed by atoms with Gasteiger partial charge in [0.1, 0.15) is 5.65 Å². The van der Waals surface area contributed by atoms with Gasteiger partial charge in [-0.05, 0) is 55.1 Å². The van der Waals surface area contributed by atoms with Crippen LogP contribution in [0, 0.1) is 0 Å². The summed E-state index contributed by atoms with van der Waals surface area (Å²) in [5, 5.41) is 1.76. The average Bonchev–Trinajstić information content (AvgIpc) is 3.28. The first-order valence-electron chi connectivity index (χ1n) is 9.98. The number of benzene rings is 1. The van der Waals surface area contributed by atoms with E-state index in [0.717, 1.165) is 54.7 Å². The second kappa shape index (κ2) is 7.03. The number of hydrogen-bond acceptors (Lipinski definition) is 2. The van der Waals surface area contributed by atoms with E-state index in [0.29, 0.717) is 24.0 Å². The molecular formula is C22H21ClF3N3. The Kier molecular flexibility index (Phi) is 4.59. The zero-order valence-corrected chi connectivity index (χ0v) is 16.6. The monoisotopic (exact) mass is 419 g/mol. The minimum Gasteiger partial charge on any atom is -0.329 e. The van der Waals surface area contributed by atoms with Gasteiger partial charge in [0.05, 0.1) is 10.6 Å². The molecule has 1 aromatic carbocycles. The molecule has 0 amide bonds. The van der Waals surface area contributed by atoms with Crippen molar-refractivity contribution >= 4 is 22.6 Å². The molecule has 5 rings (SSSR count). The van der Waals surface area contributed by atoms with Crippen LogP contribution in [0.4, 0.5) is 13.2 Å². The molecule has 3 nitrogen and oxygen atoms in total. The van der Waals surface area contributed by atoms with E-state index < -0.39 is 11.7 Å². The van der Waals surface area contributed by atoms with Gasteiger partial charge in [-0.25, -0.2) is 4.98 Å². The number of nitrogens with zero attached hydrogens (tertiary/aromatic N) is 3. The van der Waals surface area contributed by atoms with E-state index >= 15 is 0 Å². The quantitative estimate of drug-likeness (QED) is 0.547. The summed E-state index contributed by atoms with van der Waals surface area (Å²) in [6.45, 7) is 2.87. The molecular weight excluding hydrogens is 399 g/mol. The Morgan fingerprint density at radius 3 is 2.69 bits per heavy atom. The zero-order chi connectivity index (χ0) is 20.2. The maximum absolute atomic E-state index is 12.8. The summed E-state index contributed by atoms with van der Waals surface area (Å²) in [4.78, 5) is 7.17. The molecule has 0 saturated carbocycles. The molecule has 29 heavy (non-hydrogen) atoms. The van der Waals surface area contributed by atoms with Crippen molar-refractivity contribution in [2.45, 2.75) is 44.4 Å². The van der Waals surface area contributed by atoms with Crippen LogP contribution in [0.25, 0.3) is 11.0 Å². The lowest BCUT2D eigenvalue weighted by molar-refractivity contribution is -0.137. The van der Waals surface area contributed by atoms with E-state index in [4.69, 9.17) is 11.6 Å². The number of fused-ring (bicyclic) bond motifs is 5. The predicted octanol–water partition coefficient (Wildman–Crippen LogP) is 5.64. The van der Waals surface area contributed by atoms with E-state index in [2.05, 4.69) is 14.5 Å². The fourth-order valence-electron chi connectivity index (χ4n) is 4.93. The van der Waals surface area contributed by atoms with Crippen LogP contribution in [0.2, 0.25) is 5.02 Å². The van der Waals surface area contributed by atoms with Crippen LogP contribution in [-0.4, -0.2) is 27.5 Å². The van der Waals surface area contributed by atoms with Gasteiger partial charge in [0, 0.05) is 42.8 Å². The Balaban J connectivity index is 1.49. The summed E-state index contributed by atoms with van der Waals surface area (Å²) in [6, 6.07) is 7.90. The number of rotatable bonds is 3. The van der Waals surface area contributed by atoms with Gasteiger partial charge < -0.3 is 4.57 Å². The minimum absolute atomic E-state index is 0.425. The third-order valence-electron chi connectivity index (χ3n) is 6.25. The van der Waals surface area contributed by atoms with Gasteiger partial charge >= 0.3 is 6.18 Å². The fraction of sp³-hybridized carbons (Fsp3) is 0.409. The van der Waals surface area contributed by atoms with Crippen molar-refractivity contribution in [2.24, 2.45) is 0 Å². The molecule has 1 saturated heterocycles. The summed E-state index contributed by atoms with van der Waals surface area (Å²) in [6.07, 6.45) is 1.36. The molecule has 1 unspecified atom stereocenters. The lowest BCUT2D eigenvalue weighted by Gasteiger charge is -2.30. The molecule has 3 aromatic rings. The highest BCUT2D eigenvalue weighted by atomic mass is 35.5. The van der Waals surface area contributed by atoms with Crippen molar-refractivity contribution < 1.29 is 13.2 Å². The average molecular weight is 420 g/mol. The number of aryl methyl sites for hydroxylation is 2. The first-order valence-corrected chi connectivity index (χ1v) is 10.4. The summed E-state index contributed by atoms with van der Waals surface area (Å²) >= 11 is 6.26. The summed E-state index contributed by atoms with van der Waals surface area (Å²) in [5.74, 6) is 0. The van der Waals surface area contributed by atoms with Crippen molar-refractivity contribution in [1.82, 2.24) is 14.5 Å². The lowest BCUT2D eigenvalue weighted by atomic mass is 9.96. The summed E-state index contributed by atoms with van der Waals surface area (Å²) in [7, 11) is 0. The number of halogens is 4. The Morgan fingerprint density at radius 2 is 1.93 bits per heavy atom. The van der Waals surface area contributed by atoms with Gasteiger partial charge in [0.15, 0.2) is 0 Å². The first-order chi connectivity index (χ1) is 13.9. The van der Waals surface area contributed by atoms with E-state index in [-0.39, 0.29) is 0 Å². The maximum Gasteiger partial charge on any atom is 0.416 e. The van der Waals surface area contributed by atoms with Crippen molar-refractivity contribution in [2.75, 3.05) is 13.1 Å². The smallest absolute Gasteiger partial charge is 0.329 e. The molecule has 0 N–H and O–H groups in total. The zero-order valence-electron chi connectivity index (χ0n) is 15.8. The van der Waals surface area contributed by atoms with Crippen LogP contribution in [-0.2, 0) is 25.6 Å². The van der Waals surface area contributed by atoms with Crippen LogP contribution in [0.15, 0.2) is 36.5 Å². The van der Waals surface area contributed by atoms with E-state index in [9.17, 15) is 13.2 Å². The fourth-order valence-corrected chi connectivity index (χ4v) is 5.09. The molecule has 1 fully saturated rings. The standard InChI is InChI=1S/C22H21ClF3N3/c23-16-12-17-20-18-2-1-9-28(18)10-8-19(20)29(21(17)27-13-16)11-7-14-3-5-15(6-4-14)22(24,25)26/h3-6,12-13,18H,1-2,7-11H2. The largest absolute Gasteiger partial charge is 0.416 e. The van der Waals surface area contributed by atoms with Gasteiger partial charge in [0.25, 0.3) is 0 Å². The third kappa shape index (κ3) is 3.32. The molecule has 2 aromatic heterocycles. The third-order valence-corrected chi connectivity index (χ3v) is 6.46. The highest BCUT2D eigenvalue weighted by Crippen LogP contribution is 2.43. The minimum atomic E-state index is -4.30. The van der Waals surface area contributed by atoms with E-state index in [1.807, 2.05) is 6.07 Å². The SMILES string of the molecule is FC(F)(F)c1ccc(CCn2c3c(c4cc(Cl)cnc42)C2CCCN2CC3)cc1. The topological polar surface area (TPSA) is 21.1 Å². The molecule has 0 aliphatic carbocycles. The molecule has 2 aliphatic heterocycles. The number of pyridine rings is 1. The Morgan fingerprint density at radius 1 is 1.14 bits per heavy atom. The number of hydrogen-bond donors (Lipinski definition) is 0. The Bertz CT molecular complexity index is 1060. The van der Waals surface area contributed by atoms with Crippen molar-refractivity contribution in [3.05, 3.63) is 63.9 Å². The van der Waals surface area contributed by atoms with Gasteiger partial charge in [-0.2, -0.15) is 13.2 Å². The Labute approximate surface area is 172 Å². The van der Waals surface area contributed by atoms with Crippen molar-refractivity contribution in [3.8, 4) is 0 Å². The molecule has 4 heterocycles. The Hall–Kier alpha value is -2.05. The molecule has 0 radical (unpaired) electrons. The summed E-state index contributed by atoms with van der Waals surface area (Å²) in [5.41, 5.74) is 3.87. The van der Waals surface area contributed by atoms with E-state index in [1.54, 1.807) is 18.3 Å². The second-order valence-electron chi connectivity index (χ2n) is 7.93. The molecule has 2 aliphatic rings. The number of aromatic nitrogens is 2. The van der Waals surface area contributed by atoms with Crippen LogP contribution >= 0.6 is 11.6 Å². The molecule has 152 valence electrons. The van der Waals surface area contributed by atoms with Crippen LogP contribution in [0.3, 0.4) is 0 Å². The van der Waals surface area contributed by atoms with Crippen molar-refractivity contribution in [1.29, 1.82) is 0 Å². The molecule has 1 atom stereocenters. The van der Waals surface area contributed by atoms with Crippen LogP contribution < -0.4 is 0 Å². The molecule has 0 spiro atoms. The molecule has 0 bridgehead atoms. The van der Waals surface area contributed by atoms with Gasteiger partial charge in [-0.15, -0.1) is 0 Å². The second-order valence-corrected chi connectivity index (χ2v) is 8.36.